The van der Waals surface area contributed by atoms with Crippen LogP contribution in [0.5, 0.6) is 0 Å². The fraction of sp³-hybridized carbons (Fsp3) is 0.600. The monoisotopic (exact) mass is 154 g/mol. The molecule has 0 N–H and O–H groups in total. The van der Waals surface area contributed by atoms with Crippen LogP contribution >= 0.6 is 0 Å². The zero-order valence-electron chi connectivity index (χ0n) is 7.45. The van der Waals surface area contributed by atoms with Gasteiger partial charge in [0.25, 0.3) is 0 Å². The third kappa shape index (κ3) is 2.18. The molecule has 0 heterocycles. The molecule has 0 radical (unpaired) electrons. The van der Waals surface area contributed by atoms with Crippen LogP contribution in [0.2, 0.25) is 0 Å². The van der Waals surface area contributed by atoms with Gasteiger partial charge in [0.1, 0.15) is 5.83 Å². The predicted octanol–water partition coefficient (Wildman–Crippen LogP) is 3.61. The summed E-state index contributed by atoms with van der Waals surface area (Å²) in [6.45, 7) is 6.32. The predicted molar refractivity (Wildman–Crippen MR) is 46.0 cm³/mol. The van der Waals surface area contributed by atoms with E-state index in [1.807, 2.05) is 0 Å². The highest BCUT2D eigenvalue weighted by Gasteiger charge is 2.17. The van der Waals surface area contributed by atoms with Gasteiger partial charge >= 0.3 is 0 Å². The van der Waals surface area contributed by atoms with Crippen LogP contribution in [0, 0.1) is 5.41 Å². The molecule has 0 aromatic heterocycles. The van der Waals surface area contributed by atoms with Gasteiger partial charge in [-0.15, -0.1) is 0 Å². The summed E-state index contributed by atoms with van der Waals surface area (Å²) in [5, 5.41) is 0. The summed E-state index contributed by atoms with van der Waals surface area (Å²) in [5.74, 6) is 0.0254. The molecule has 1 rings (SSSR count). The highest BCUT2D eigenvalue weighted by atomic mass is 19.1. The smallest absolute Gasteiger partial charge is 0.100 e. The Labute approximate surface area is 67.8 Å². The van der Waals surface area contributed by atoms with Crippen molar-refractivity contribution in [2.24, 2.45) is 5.41 Å². The number of hydrogen-bond donors (Lipinski definition) is 0. The Kier molecular flexibility index (Phi) is 2.17. The molecule has 1 aliphatic carbocycles. The Hall–Kier alpha value is -0.590. The van der Waals surface area contributed by atoms with E-state index in [0.29, 0.717) is 6.42 Å². The summed E-state index contributed by atoms with van der Waals surface area (Å²) in [7, 11) is 0. The molecule has 0 unspecified atom stereocenters. The Morgan fingerprint density at radius 1 is 1.36 bits per heavy atom. The highest BCUT2D eigenvalue weighted by molar-refractivity contribution is 5.29. The maximum atomic E-state index is 12.8. The van der Waals surface area contributed by atoms with Crippen molar-refractivity contribution < 1.29 is 4.39 Å². The minimum atomic E-state index is 0.0254. The second-order valence-electron chi connectivity index (χ2n) is 4.04. The van der Waals surface area contributed by atoms with Gasteiger partial charge in [-0.2, -0.15) is 0 Å². The molecule has 0 amide bonds. The van der Waals surface area contributed by atoms with E-state index in [9.17, 15) is 4.39 Å². The minimum Gasteiger partial charge on any atom is -0.212 e. The fourth-order valence-electron chi connectivity index (χ4n) is 1.19. The zero-order chi connectivity index (χ0) is 8.48. The van der Waals surface area contributed by atoms with Crippen LogP contribution in [0.15, 0.2) is 23.6 Å². The molecule has 0 saturated carbocycles. The van der Waals surface area contributed by atoms with Crippen LogP contribution in [0.4, 0.5) is 4.39 Å². The molecule has 0 fully saturated rings. The third-order valence-electron chi connectivity index (χ3n) is 1.93. The summed E-state index contributed by atoms with van der Waals surface area (Å²) in [6.07, 6.45) is 5.24. The molecular weight excluding hydrogens is 139 g/mol. The van der Waals surface area contributed by atoms with Gasteiger partial charge in [0, 0.05) is 6.42 Å². The second kappa shape index (κ2) is 2.80. The molecule has 11 heavy (non-hydrogen) atoms. The molecular formula is C10H15F. The van der Waals surface area contributed by atoms with Gasteiger partial charge in [0.15, 0.2) is 0 Å². The first kappa shape index (κ1) is 8.51. The lowest BCUT2D eigenvalue weighted by Gasteiger charge is -2.22. The number of hydrogen-bond acceptors (Lipinski definition) is 0. The van der Waals surface area contributed by atoms with E-state index in [1.54, 1.807) is 6.08 Å². The molecule has 0 aromatic carbocycles. The summed E-state index contributed by atoms with van der Waals surface area (Å²) >= 11 is 0. The van der Waals surface area contributed by atoms with E-state index in [2.05, 4.69) is 26.8 Å². The standard InChI is InChI=1S/C10H15F/c1-10(2,3)8-5-4-6-9(11)7-8/h5,7H,4,6H2,1-3H3. The van der Waals surface area contributed by atoms with Crippen molar-refractivity contribution in [3.05, 3.63) is 23.6 Å². The lowest BCUT2D eigenvalue weighted by Crippen LogP contribution is -2.09. The number of rotatable bonds is 0. The topological polar surface area (TPSA) is 0 Å². The van der Waals surface area contributed by atoms with Gasteiger partial charge in [0.2, 0.25) is 0 Å². The second-order valence-corrected chi connectivity index (χ2v) is 4.04. The molecule has 62 valence electrons. The molecule has 1 heteroatoms. The first-order valence-corrected chi connectivity index (χ1v) is 4.07. The Bertz CT molecular complexity index is 203. The van der Waals surface area contributed by atoms with Crippen LogP contribution in [0.3, 0.4) is 0 Å². The van der Waals surface area contributed by atoms with Crippen molar-refractivity contribution in [1.82, 2.24) is 0 Å². The van der Waals surface area contributed by atoms with Crippen molar-refractivity contribution in [1.29, 1.82) is 0 Å². The van der Waals surface area contributed by atoms with Gasteiger partial charge in [-0.05, 0) is 23.5 Å². The molecule has 0 spiro atoms. The third-order valence-corrected chi connectivity index (χ3v) is 1.93. The lowest BCUT2D eigenvalue weighted by molar-refractivity contribution is 0.497. The maximum absolute atomic E-state index is 12.8. The van der Waals surface area contributed by atoms with E-state index in [1.165, 1.54) is 0 Å². The minimum absolute atomic E-state index is 0.0254. The average molecular weight is 154 g/mol. The van der Waals surface area contributed by atoms with Crippen molar-refractivity contribution in [2.45, 2.75) is 33.6 Å². The van der Waals surface area contributed by atoms with Crippen molar-refractivity contribution >= 4 is 0 Å². The van der Waals surface area contributed by atoms with E-state index in [4.69, 9.17) is 0 Å². The van der Waals surface area contributed by atoms with E-state index in [0.717, 1.165) is 12.0 Å². The fourth-order valence-corrected chi connectivity index (χ4v) is 1.19. The first-order chi connectivity index (χ1) is 5.00. The van der Waals surface area contributed by atoms with Crippen LogP contribution in [-0.4, -0.2) is 0 Å². The maximum Gasteiger partial charge on any atom is 0.100 e. The van der Waals surface area contributed by atoms with Crippen LogP contribution in [0.25, 0.3) is 0 Å². The molecule has 0 nitrogen and oxygen atoms in total. The van der Waals surface area contributed by atoms with Crippen molar-refractivity contribution in [3.63, 3.8) is 0 Å². The average Bonchev–Trinajstić information content (AvgIpc) is 1.86. The van der Waals surface area contributed by atoms with E-state index < -0.39 is 0 Å². The van der Waals surface area contributed by atoms with Crippen molar-refractivity contribution in [3.8, 4) is 0 Å². The molecule has 1 aliphatic rings. The van der Waals surface area contributed by atoms with Gasteiger partial charge in [0.05, 0.1) is 0 Å². The molecule has 0 atom stereocenters. The van der Waals surface area contributed by atoms with Crippen molar-refractivity contribution in [2.75, 3.05) is 0 Å². The van der Waals surface area contributed by atoms with E-state index in [-0.39, 0.29) is 11.2 Å². The Balaban J connectivity index is 2.82. The van der Waals surface area contributed by atoms with Crippen LogP contribution < -0.4 is 0 Å². The SMILES string of the molecule is CC(C)(C)C1=CCCC(F)=C1. The summed E-state index contributed by atoms with van der Waals surface area (Å²) < 4.78 is 12.8. The molecule has 0 aliphatic heterocycles. The highest BCUT2D eigenvalue weighted by Crippen LogP contribution is 2.31. The summed E-state index contributed by atoms with van der Waals surface area (Å²) in [5.41, 5.74) is 1.22. The van der Waals surface area contributed by atoms with Crippen LogP contribution in [0.1, 0.15) is 33.6 Å². The van der Waals surface area contributed by atoms with E-state index >= 15 is 0 Å². The van der Waals surface area contributed by atoms with Crippen LogP contribution in [-0.2, 0) is 0 Å². The van der Waals surface area contributed by atoms with Gasteiger partial charge in [-0.3, -0.25) is 0 Å². The molecule has 0 saturated heterocycles. The van der Waals surface area contributed by atoms with Gasteiger partial charge in [-0.25, -0.2) is 4.39 Å². The molecule has 0 aromatic rings. The Morgan fingerprint density at radius 2 is 2.00 bits per heavy atom. The largest absolute Gasteiger partial charge is 0.212 e. The lowest BCUT2D eigenvalue weighted by atomic mass is 9.83. The summed E-state index contributed by atoms with van der Waals surface area (Å²) in [4.78, 5) is 0. The first-order valence-electron chi connectivity index (χ1n) is 4.07. The number of halogens is 1. The Morgan fingerprint density at radius 3 is 2.36 bits per heavy atom. The quantitative estimate of drug-likeness (QED) is 0.500. The zero-order valence-corrected chi connectivity index (χ0v) is 7.45. The van der Waals surface area contributed by atoms with Gasteiger partial charge in [-0.1, -0.05) is 26.8 Å². The van der Waals surface area contributed by atoms with Gasteiger partial charge < -0.3 is 0 Å². The normalized spacial score (nSPS) is 19.3. The molecule has 0 bridgehead atoms. The summed E-state index contributed by atoms with van der Waals surface area (Å²) in [6, 6.07) is 0. The number of allylic oxidation sites excluding steroid dienone is 4.